The molecule has 11 atom stereocenters. The number of amidine groups is 1. The van der Waals surface area contributed by atoms with Gasteiger partial charge in [-0.1, -0.05) is 123 Å². The van der Waals surface area contributed by atoms with Crippen molar-refractivity contribution in [2.45, 2.75) is 109 Å². The van der Waals surface area contributed by atoms with E-state index in [4.69, 9.17) is 14.7 Å². The molecule has 2 heterocycles. The van der Waals surface area contributed by atoms with Crippen LogP contribution in [0.25, 0.3) is 10.8 Å². The second-order valence-corrected chi connectivity index (χ2v) is 20.4. The number of anilines is 1. The molecule has 0 radical (unpaired) electrons. The van der Waals surface area contributed by atoms with E-state index < -0.39 is 0 Å². The Morgan fingerprint density at radius 1 is 0.698 bits per heavy atom. The molecule has 5 aromatic rings. The van der Waals surface area contributed by atoms with E-state index in [-0.39, 0.29) is 36.1 Å². The fourth-order valence-electron chi connectivity index (χ4n) is 14.1. The third-order valence-corrected chi connectivity index (χ3v) is 17.5. The van der Waals surface area contributed by atoms with Gasteiger partial charge in [0.2, 0.25) is 0 Å². The maximum Gasteiger partial charge on any atom is 0.181 e. The van der Waals surface area contributed by atoms with Crippen molar-refractivity contribution < 1.29 is 9.84 Å². The topological polar surface area (TPSA) is 63.9 Å². The van der Waals surface area contributed by atoms with Crippen LogP contribution in [0.15, 0.2) is 137 Å². The van der Waals surface area contributed by atoms with E-state index in [0.29, 0.717) is 30.3 Å². The number of nitrogens with zero attached hydrogens (tertiary/aromatic N) is 5. The zero-order valence-corrected chi connectivity index (χ0v) is 37.7. The molecule has 6 aliphatic rings. The summed E-state index contributed by atoms with van der Waals surface area (Å²) >= 11 is 0. The molecule has 0 bridgehead atoms. The molecule has 4 aliphatic carbocycles. The van der Waals surface area contributed by atoms with E-state index in [9.17, 15) is 5.11 Å². The number of fused-ring (bicyclic) bond motifs is 8. The second-order valence-electron chi connectivity index (χ2n) is 20.4. The number of likely N-dealkylation sites (N-methyl/N-ethyl adjacent to an activating group) is 1. The summed E-state index contributed by atoms with van der Waals surface area (Å²) in [4.78, 5) is 18.6. The third kappa shape index (κ3) is 6.79. The van der Waals surface area contributed by atoms with Crippen LogP contribution in [0, 0.1) is 34.5 Å². The fourth-order valence-corrected chi connectivity index (χ4v) is 14.1. The van der Waals surface area contributed by atoms with Crippen LogP contribution in [0.2, 0.25) is 0 Å². The largest absolute Gasteiger partial charge is 0.470 e. The summed E-state index contributed by atoms with van der Waals surface area (Å²) in [6, 6.07) is 45.6. The van der Waals surface area contributed by atoms with Gasteiger partial charge in [0.05, 0.1) is 31.4 Å². The molecule has 0 aromatic heterocycles. The van der Waals surface area contributed by atoms with E-state index >= 15 is 0 Å². The number of aliphatic hydroxyl groups is 1. The number of aliphatic imine (C=N–C) groups is 2. The summed E-state index contributed by atoms with van der Waals surface area (Å²) in [5, 5.41) is 13.4. The maximum absolute atomic E-state index is 11.0. The molecule has 4 saturated carbocycles. The fraction of sp³-hybridized carbons (Fsp3) is 0.464. The van der Waals surface area contributed by atoms with Gasteiger partial charge < -0.3 is 14.7 Å². The highest BCUT2D eigenvalue weighted by Crippen LogP contribution is 2.66. The smallest absolute Gasteiger partial charge is 0.181 e. The van der Waals surface area contributed by atoms with Gasteiger partial charge >= 0.3 is 0 Å². The molecule has 5 aromatic carbocycles. The van der Waals surface area contributed by atoms with Crippen molar-refractivity contribution in [3.8, 4) is 5.75 Å². The Labute approximate surface area is 374 Å². The molecule has 0 spiro atoms. The first-order valence-electron chi connectivity index (χ1n) is 24.1. The van der Waals surface area contributed by atoms with Gasteiger partial charge in [-0.05, 0) is 141 Å². The lowest BCUT2D eigenvalue weighted by Crippen LogP contribution is -2.54. The Balaban J connectivity index is 0.942. The Hall–Kier alpha value is -4.82. The van der Waals surface area contributed by atoms with Gasteiger partial charge in [-0.3, -0.25) is 14.9 Å². The maximum atomic E-state index is 11.0. The Kier molecular flexibility index (Phi) is 10.6. The summed E-state index contributed by atoms with van der Waals surface area (Å²) in [7, 11) is 2.26. The molecule has 11 rings (SSSR count). The predicted octanol–water partition coefficient (Wildman–Crippen LogP) is 11.7. The molecule has 0 amide bonds. The standard InChI is InChI=1S/C56H65N5O2/c1-37-59(4)53(61-51(39-17-8-5-9-18-39)50-44-23-15-14-16-38(44)24-28-48(50)63-54(61)40-19-10-6-11-20-40)52(60(37)43-21-12-7-13-22-43)58-35-34-57-42-30-32-55(2)41(36-42)25-26-45-46-27-29-49(62)56(46,3)33-31-47(45)55/h5-24,28,37,41,45-47,49,51,53-54,62H,25-27,29-36H2,1-4H3/t37?,41?,45-,46-,47-,49?,51?,53?,54?,55-,56-/m0/s1. The van der Waals surface area contributed by atoms with Crippen LogP contribution in [0.1, 0.15) is 108 Å². The highest BCUT2D eigenvalue weighted by molar-refractivity contribution is 6.04. The van der Waals surface area contributed by atoms with Crippen LogP contribution in [-0.2, 0) is 0 Å². The van der Waals surface area contributed by atoms with Gasteiger partial charge in [0.25, 0.3) is 0 Å². The molecule has 7 nitrogen and oxygen atoms in total. The van der Waals surface area contributed by atoms with Crippen LogP contribution in [0.4, 0.5) is 5.69 Å². The van der Waals surface area contributed by atoms with E-state index in [1.54, 1.807) is 0 Å². The molecular formula is C56H65N5O2. The number of aliphatic hydroxyl groups excluding tert-OH is 1. The van der Waals surface area contributed by atoms with Gasteiger partial charge in [0.1, 0.15) is 17.8 Å². The van der Waals surface area contributed by atoms with E-state index in [0.717, 1.165) is 53.9 Å². The Morgan fingerprint density at radius 3 is 2.16 bits per heavy atom. The molecule has 5 fully saturated rings. The molecule has 1 N–H and O–H groups in total. The average Bonchev–Trinajstić information content (AvgIpc) is 3.77. The van der Waals surface area contributed by atoms with Crippen LogP contribution in [0.5, 0.6) is 5.75 Å². The zero-order chi connectivity index (χ0) is 42.9. The molecular weight excluding hydrogens is 775 g/mol. The van der Waals surface area contributed by atoms with Crippen molar-refractivity contribution in [3.05, 3.63) is 144 Å². The van der Waals surface area contributed by atoms with Gasteiger partial charge in [-0.25, -0.2) is 4.90 Å². The molecule has 2 aliphatic heterocycles. The highest BCUT2D eigenvalue weighted by Gasteiger charge is 2.60. The van der Waals surface area contributed by atoms with Crippen molar-refractivity contribution in [2.24, 2.45) is 44.5 Å². The number of hydrogen-bond donors (Lipinski definition) is 1. The molecule has 7 heteroatoms. The normalized spacial score (nSPS) is 35.6. The monoisotopic (exact) mass is 840 g/mol. The van der Waals surface area contributed by atoms with Crippen LogP contribution >= 0.6 is 0 Å². The first-order chi connectivity index (χ1) is 30.7. The van der Waals surface area contributed by atoms with Gasteiger partial charge in [-0.15, -0.1) is 0 Å². The minimum Gasteiger partial charge on any atom is -0.470 e. The van der Waals surface area contributed by atoms with Crippen molar-refractivity contribution >= 4 is 28.0 Å². The van der Waals surface area contributed by atoms with Crippen molar-refractivity contribution in [2.75, 3.05) is 25.0 Å². The molecule has 63 heavy (non-hydrogen) atoms. The predicted molar refractivity (Wildman–Crippen MR) is 256 cm³/mol. The van der Waals surface area contributed by atoms with Crippen molar-refractivity contribution in [3.63, 3.8) is 0 Å². The van der Waals surface area contributed by atoms with Gasteiger partial charge in [0.15, 0.2) is 6.23 Å². The third-order valence-electron chi connectivity index (χ3n) is 17.5. The minimum absolute atomic E-state index is 0.0283. The Bertz CT molecular complexity index is 2490. The molecule has 326 valence electrons. The number of benzene rings is 5. The van der Waals surface area contributed by atoms with Gasteiger partial charge in [-0.2, -0.15) is 0 Å². The highest BCUT2D eigenvalue weighted by atomic mass is 16.5. The zero-order valence-electron chi connectivity index (χ0n) is 37.7. The van der Waals surface area contributed by atoms with E-state index in [2.05, 4.69) is 170 Å². The number of ether oxygens (including phenoxy) is 1. The first-order valence-corrected chi connectivity index (χ1v) is 24.1. The number of rotatable bonds is 7. The molecule has 1 saturated heterocycles. The average molecular weight is 840 g/mol. The van der Waals surface area contributed by atoms with E-state index in [1.807, 2.05) is 0 Å². The van der Waals surface area contributed by atoms with Crippen molar-refractivity contribution in [1.82, 2.24) is 9.80 Å². The Morgan fingerprint density at radius 2 is 1.38 bits per heavy atom. The lowest BCUT2D eigenvalue weighted by molar-refractivity contribution is -0.112. The summed E-state index contributed by atoms with van der Waals surface area (Å²) in [5.74, 6) is 4.93. The summed E-state index contributed by atoms with van der Waals surface area (Å²) < 4.78 is 7.29. The first kappa shape index (κ1) is 40.9. The van der Waals surface area contributed by atoms with Crippen LogP contribution in [-0.4, -0.2) is 65.0 Å². The summed E-state index contributed by atoms with van der Waals surface area (Å²) in [6.45, 7) is 8.66. The summed E-state index contributed by atoms with van der Waals surface area (Å²) in [6.07, 6.45) is 10.2. The number of hydrogen-bond acceptors (Lipinski definition) is 6. The lowest BCUT2D eigenvalue weighted by Gasteiger charge is -2.60. The summed E-state index contributed by atoms with van der Waals surface area (Å²) in [5.41, 5.74) is 6.60. The quantitative estimate of drug-likeness (QED) is 0.165. The van der Waals surface area contributed by atoms with E-state index in [1.165, 1.54) is 66.1 Å². The SMILES string of the molecule is CC1N(c2ccccc2)C(=NCCN=C2CC[C@@]3(C)C(CC[C@@H]4[C@@H]3CC[C@]3(C)C(O)CC[C@@H]43)C2)C(N2C(c3ccccc3)Oc3ccc4ccccc4c3C2c2ccccc2)N1C. The lowest BCUT2D eigenvalue weighted by atomic mass is 9.45. The van der Waals surface area contributed by atoms with Gasteiger partial charge in [0, 0.05) is 22.5 Å². The second kappa shape index (κ2) is 16.3. The minimum atomic E-state index is -0.380. The number of para-hydroxylation sites is 1. The van der Waals surface area contributed by atoms with Crippen LogP contribution in [0.3, 0.4) is 0 Å². The molecule has 6 unspecified atom stereocenters. The van der Waals surface area contributed by atoms with Crippen LogP contribution < -0.4 is 9.64 Å². The van der Waals surface area contributed by atoms with Crippen molar-refractivity contribution in [1.29, 1.82) is 0 Å².